The summed E-state index contributed by atoms with van der Waals surface area (Å²) in [7, 11) is 0. The molecular weight excluding hydrogens is 354 g/mol. The van der Waals surface area contributed by atoms with E-state index in [1.807, 2.05) is 0 Å². The molecule has 0 bridgehead atoms. The molecule has 27 heavy (non-hydrogen) atoms. The molecule has 140 valence electrons. The van der Waals surface area contributed by atoms with Crippen LogP contribution in [0.5, 0.6) is 0 Å². The number of hydrogen-bond acceptors (Lipinski definition) is 6. The maximum atomic E-state index is 12.9. The van der Waals surface area contributed by atoms with Gasteiger partial charge in [0.2, 0.25) is 5.78 Å². The summed E-state index contributed by atoms with van der Waals surface area (Å²) in [5.41, 5.74) is 0.278. The number of carboxylic acids is 1. The van der Waals surface area contributed by atoms with Crippen molar-refractivity contribution in [2.75, 3.05) is 0 Å². The Balaban J connectivity index is 2.55. The number of aliphatic hydroxyl groups is 1. The van der Waals surface area contributed by atoms with Gasteiger partial charge in [-0.2, -0.15) is 5.06 Å². The van der Waals surface area contributed by atoms with Gasteiger partial charge in [-0.3, -0.25) is 9.59 Å². The van der Waals surface area contributed by atoms with Crippen LogP contribution < -0.4 is 0 Å². The number of carbonyl (C=O) groups is 4. The molecule has 8 nitrogen and oxygen atoms in total. The first-order valence-electron chi connectivity index (χ1n) is 7.90. The van der Waals surface area contributed by atoms with Crippen LogP contribution >= 0.6 is 0 Å². The fourth-order valence-corrected chi connectivity index (χ4v) is 2.32. The number of aliphatic hydroxyl groups excluding tert-OH is 1. The van der Waals surface area contributed by atoms with Crippen LogP contribution in [0.4, 0.5) is 0 Å². The Bertz CT molecular complexity index is 836. The largest absolute Gasteiger partial charge is 0.479 e. The second kappa shape index (κ2) is 8.72. The second-order valence-electron chi connectivity index (χ2n) is 5.57. The van der Waals surface area contributed by atoms with E-state index in [-0.39, 0.29) is 11.1 Å². The van der Waals surface area contributed by atoms with Gasteiger partial charge in [-0.1, -0.05) is 48.5 Å². The highest BCUT2D eigenvalue weighted by Crippen LogP contribution is 2.27. The maximum Gasteiger partial charge on any atom is 0.398 e. The van der Waals surface area contributed by atoms with Crippen molar-refractivity contribution in [1.29, 1.82) is 0 Å². The first-order valence-corrected chi connectivity index (χ1v) is 7.90. The van der Waals surface area contributed by atoms with E-state index in [4.69, 9.17) is 4.84 Å². The number of hydrogen-bond donors (Lipinski definition) is 2. The standard InChI is InChI=1S/C19H17NO7/c1-12(21)19(26)27-20(17(23)14-10-6-3-7-11-14)15(16(22)18(24)25)13-8-4-2-5-9-13/h2-11,15-16,22H,1H3,(H,24,25)/t15-,16+/m0/s1. The quantitative estimate of drug-likeness (QED) is 0.581. The number of carbonyl (C=O) groups excluding carboxylic acids is 3. The Hall–Kier alpha value is -3.52. The third-order valence-corrected chi connectivity index (χ3v) is 3.64. The molecule has 0 aromatic heterocycles. The summed E-state index contributed by atoms with van der Waals surface area (Å²) in [6, 6.07) is 13.8. The van der Waals surface area contributed by atoms with Crippen molar-refractivity contribution in [3.8, 4) is 0 Å². The van der Waals surface area contributed by atoms with Gasteiger partial charge in [-0.05, 0) is 17.7 Å². The summed E-state index contributed by atoms with van der Waals surface area (Å²) in [6.45, 7) is 0.943. The van der Waals surface area contributed by atoms with Crippen molar-refractivity contribution in [3.05, 3.63) is 71.8 Å². The van der Waals surface area contributed by atoms with Gasteiger partial charge < -0.3 is 15.1 Å². The lowest BCUT2D eigenvalue weighted by Gasteiger charge is -2.31. The van der Waals surface area contributed by atoms with Crippen LogP contribution in [-0.4, -0.2) is 45.0 Å². The molecule has 0 radical (unpaired) electrons. The van der Waals surface area contributed by atoms with Crippen LogP contribution in [0.1, 0.15) is 28.9 Å². The minimum Gasteiger partial charge on any atom is -0.479 e. The topological polar surface area (TPSA) is 121 Å². The Morgan fingerprint density at radius 2 is 1.44 bits per heavy atom. The van der Waals surface area contributed by atoms with Gasteiger partial charge in [0.1, 0.15) is 6.04 Å². The number of Topliss-reactive ketones (excluding diaryl/α,β-unsaturated/α-hetero) is 1. The number of carboxylic acid groups (broad SMARTS) is 1. The first kappa shape index (κ1) is 19.8. The van der Waals surface area contributed by atoms with E-state index in [1.165, 1.54) is 24.3 Å². The molecule has 0 unspecified atom stereocenters. The van der Waals surface area contributed by atoms with Crippen molar-refractivity contribution < 1.29 is 34.2 Å². The minimum atomic E-state index is -2.11. The third-order valence-electron chi connectivity index (χ3n) is 3.64. The number of amides is 1. The van der Waals surface area contributed by atoms with E-state index in [0.717, 1.165) is 6.92 Å². The molecule has 2 atom stereocenters. The van der Waals surface area contributed by atoms with Crippen molar-refractivity contribution in [1.82, 2.24) is 5.06 Å². The number of rotatable bonds is 6. The van der Waals surface area contributed by atoms with E-state index >= 15 is 0 Å². The van der Waals surface area contributed by atoms with E-state index in [0.29, 0.717) is 5.06 Å². The molecule has 0 saturated heterocycles. The molecule has 0 aliphatic rings. The van der Waals surface area contributed by atoms with Crippen LogP contribution in [0.15, 0.2) is 60.7 Å². The zero-order valence-electron chi connectivity index (χ0n) is 14.3. The zero-order chi connectivity index (χ0) is 20.0. The highest BCUT2D eigenvalue weighted by molar-refractivity contribution is 6.32. The van der Waals surface area contributed by atoms with Gasteiger partial charge >= 0.3 is 11.9 Å². The summed E-state index contributed by atoms with van der Waals surface area (Å²) >= 11 is 0. The molecule has 0 spiro atoms. The van der Waals surface area contributed by atoms with Crippen molar-refractivity contribution in [2.24, 2.45) is 0 Å². The fourth-order valence-electron chi connectivity index (χ4n) is 2.32. The maximum absolute atomic E-state index is 12.9. The average molecular weight is 371 g/mol. The summed E-state index contributed by atoms with van der Waals surface area (Å²) in [6.07, 6.45) is -2.11. The molecule has 2 N–H and O–H groups in total. The van der Waals surface area contributed by atoms with Crippen LogP contribution in [0, 0.1) is 0 Å². The SMILES string of the molecule is CC(=O)C(=O)ON(C(=O)c1ccccc1)[C@@H](c1ccccc1)[C@@H](O)C(=O)O. The molecule has 1 amide bonds. The molecule has 2 rings (SSSR count). The first-order chi connectivity index (χ1) is 12.8. The molecule has 2 aromatic rings. The molecule has 0 fully saturated rings. The molecule has 0 saturated carbocycles. The van der Waals surface area contributed by atoms with Crippen molar-refractivity contribution in [3.63, 3.8) is 0 Å². The fraction of sp³-hybridized carbons (Fsp3) is 0.158. The van der Waals surface area contributed by atoms with E-state index in [1.54, 1.807) is 36.4 Å². The van der Waals surface area contributed by atoms with E-state index in [9.17, 15) is 29.4 Å². The summed E-state index contributed by atoms with van der Waals surface area (Å²) < 4.78 is 0. The van der Waals surface area contributed by atoms with Gasteiger partial charge in [-0.25, -0.2) is 9.59 Å². The molecular formula is C19H17NO7. The smallest absolute Gasteiger partial charge is 0.398 e. The average Bonchev–Trinajstić information content (AvgIpc) is 2.68. The monoisotopic (exact) mass is 371 g/mol. The Morgan fingerprint density at radius 3 is 1.93 bits per heavy atom. The van der Waals surface area contributed by atoms with Gasteiger partial charge in [-0.15, -0.1) is 0 Å². The van der Waals surface area contributed by atoms with Crippen LogP contribution in [0.25, 0.3) is 0 Å². The number of hydroxylamine groups is 2. The summed E-state index contributed by atoms with van der Waals surface area (Å²) in [5.74, 6) is -4.87. The van der Waals surface area contributed by atoms with E-state index < -0.39 is 35.8 Å². The van der Waals surface area contributed by atoms with Gasteiger partial charge in [0.15, 0.2) is 6.10 Å². The molecule has 8 heteroatoms. The molecule has 0 heterocycles. The number of aliphatic carboxylic acids is 1. The van der Waals surface area contributed by atoms with Crippen molar-refractivity contribution in [2.45, 2.75) is 19.1 Å². The van der Waals surface area contributed by atoms with Gasteiger partial charge in [0, 0.05) is 12.5 Å². The Kier molecular flexibility index (Phi) is 6.40. The lowest BCUT2D eigenvalue weighted by Crippen LogP contribution is -2.45. The molecule has 2 aromatic carbocycles. The van der Waals surface area contributed by atoms with Crippen molar-refractivity contribution >= 4 is 23.6 Å². The highest BCUT2D eigenvalue weighted by Gasteiger charge is 2.39. The lowest BCUT2D eigenvalue weighted by molar-refractivity contribution is -0.198. The number of ketones is 1. The van der Waals surface area contributed by atoms with Crippen LogP contribution in [0.2, 0.25) is 0 Å². The normalized spacial score (nSPS) is 12.5. The molecule has 0 aliphatic heterocycles. The van der Waals surface area contributed by atoms with Crippen LogP contribution in [-0.2, 0) is 19.2 Å². The Morgan fingerprint density at radius 1 is 0.926 bits per heavy atom. The minimum absolute atomic E-state index is 0.0763. The lowest BCUT2D eigenvalue weighted by atomic mass is 10.00. The summed E-state index contributed by atoms with van der Waals surface area (Å²) in [4.78, 5) is 52.3. The van der Waals surface area contributed by atoms with Gasteiger partial charge in [0.05, 0.1) is 0 Å². The number of benzene rings is 2. The van der Waals surface area contributed by atoms with Gasteiger partial charge in [0.25, 0.3) is 5.91 Å². The van der Waals surface area contributed by atoms with Crippen LogP contribution in [0.3, 0.4) is 0 Å². The third kappa shape index (κ3) is 4.77. The summed E-state index contributed by atoms with van der Waals surface area (Å²) in [5, 5.41) is 19.9. The highest BCUT2D eigenvalue weighted by atomic mass is 16.7. The zero-order valence-corrected chi connectivity index (χ0v) is 14.3. The predicted octanol–water partition coefficient (Wildman–Crippen LogP) is 1.36. The van der Waals surface area contributed by atoms with E-state index in [2.05, 4.69) is 0 Å². The molecule has 0 aliphatic carbocycles. The number of nitrogens with zero attached hydrogens (tertiary/aromatic N) is 1. The Labute approximate surface area is 154 Å². The second-order valence-corrected chi connectivity index (χ2v) is 5.57. The predicted molar refractivity (Wildman–Crippen MR) is 92.2 cm³/mol.